The Kier molecular flexibility index (Phi) is 5.47. The summed E-state index contributed by atoms with van der Waals surface area (Å²) in [4.78, 5) is 43.8. The number of alkyl halides is 3. The Labute approximate surface area is 208 Å². The van der Waals surface area contributed by atoms with Crippen LogP contribution in [-0.2, 0) is 30.7 Å². The van der Waals surface area contributed by atoms with Crippen molar-refractivity contribution in [2.45, 2.75) is 18.5 Å². The normalized spacial score (nSPS) is 28.3. The van der Waals surface area contributed by atoms with Crippen molar-refractivity contribution in [3.63, 3.8) is 0 Å². The minimum absolute atomic E-state index is 0.172. The van der Waals surface area contributed by atoms with Crippen LogP contribution in [0, 0.1) is 11.3 Å². The average molecular weight is 527 g/mol. The number of hydrogen-bond acceptors (Lipinski definition) is 4. The first-order valence-electron chi connectivity index (χ1n) is 10.8. The molecule has 2 heterocycles. The van der Waals surface area contributed by atoms with Crippen molar-refractivity contribution in [1.29, 1.82) is 0 Å². The number of anilines is 1. The highest BCUT2D eigenvalue weighted by molar-refractivity contribution is 6.37. The van der Waals surface area contributed by atoms with Gasteiger partial charge in [-0.25, -0.2) is 4.90 Å². The quantitative estimate of drug-likeness (QED) is 0.558. The van der Waals surface area contributed by atoms with Gasteiger partial charge in [0.1, 0.15) is 5.41 Å². The minimum Gasteiger partial charge on any atom is -0.378 e. The lowest BCUT2D eigenvalue weighted by atomic mass is 9.83. The van der Waals surface area contributed by atoms with Gasteiger partial charge in [0.15, 0.2) is 0 Å². The third kappa shape index (κ3) is 3.32. The fourth-order valence-corrected chi connectivity index (χ4v) is 6.11. The van der Waals surface area contributed by atoms with Crippen molar-refractivity contribution in [2.75, 3.05) is 31.2 Å². The summed E-state index contributed by atoms with van der Waals surface area (Å²) in [6.07, 6.45) is -4.57. The predicted molar refractivity (Wildman–Crippen MR) is 121 cm³/mol. The van der Waals surface area contributed by atoms with Crippen molar-refractivity contribution in [1.82, 2.24) is 4.90 Å². The smallest absolute Gasteiger partial charge is 0.378 e. The topological polar surface area (TPSA) is 66.9 Å². The van der Waals surface area contributed by atoms with E-state index >= 15 is 0 Å². The number of imide groups is 1. The Hall–Kier alpha value is -2.62. The van der Waals surface area contributed by atoms with Crippen molar-refractivity contribution in [3.05, 3.63) is 63.6 Å². The SMILES string of the molecule is C[C@@]12C(=O)N(c3cc(Cl)cc(Cl)c3)C(=O)[C@@H]1[C@]2(C(=O)N1CCOCC1)c1ccc(C(F)(F)F)cc1. The van der Waals surface area contributed by atoms with Crippen molar-refractivity contribution >= 4 is 46.6 Å². The van der Waals surface area contributed by atoms with Crippen LogP contribution in [0.15, 0.2) is 42.5 Å². The van der Waals surface area contributed by atoms with Gasteiger partial charge >= 0.3 is 6.18 Å². The summed E-state index contributed by atoms with van der Waals surface area (Å²) in [6.45, 7) is 2.58. The highest BCUT2D eigenvalue weighted by Gasteiger charge is 2.90. The molecule has 3 atom stereocenters. The zero-order valence-electron chi connectivity index (χ0n) is 18.4. The maximum Gasteiger partial charge on any atom is 0.416 e. The molecule has 5 rings (SSSR count). The van der Waals surface area contributed by atoms with E-state index in [1.807, 2.05) is 0 Å². The van der Waals surface area contributed by atoms with Gasteiger partial charge in [-0.3, -0.25) is 14.4 Å². The Bertz CT molecular complexity index is 1230. The molecule has 2 aromatic carbocycles. The van der Waals surface area contributed by atoms with E-state index in [2.05, 4.69) is 0 Å². The van der Waals surface area contributed by atoms with Crippen LogP contribution in [0.3, 0.4) is 0 Å². The number of piperidine rings is 1. The third-order valence-electron chi connectivity index (χ3n) is 7.27. The van der Waals surface area contributed by atoms with E-state index in [9.17, 15) is 27.6 Å². The maximum atomic E-state index is 13.9. The Morgan fingerprint density at radius 3 is 2.09 bits per heavy atom. The number of rotatable bonds is 3. The van der Waals surface area contributed by atoms with Gasteiger partial charge in [0.25, 0.3) is 0 Å². The van der Waals surface area contributed by atoms with Gasteiger partial charge in [0.2, 0.25) is 17.7 Å². The molecule has 0 aromatic heterocycles. The van der Waals surface area contributed by atoms with Crippen LogP contribution in [0.4, 0.5) is 18.9 Å². The van der Waals surface area contributed by atoms with Crippen LogP contribution >= 0.6 is 23.2 Å². The summed E-state index contributed by atoms with van der Waals surface area (Å²) in [5, 5.41) is 0.439. The van der Waals surface area contributed by atoms with Crippen LogP contribution in [-0.4, -0.2) is 48.9 Å². The second-order valence-corrected chi connectivity index (χ2v) is 9.90. The summed E-state index contributed by atoms with van der Waals surface area (Å²) in [7, 11) is 0. The number of carbonyl (C=O) groups excluding carboxylic acids is 3. The van der Waals surface area contributed by atoms with Gasteiger partial charge in [-0.1, -0.05) is 35.3 Å². The van der Waals surface area contributed by atoms with E-state index in [0.29, 0.717) is 0 Å². The monoisotopic (exact) mass is 526 g/mol. The molecule has 2 saturated heterocycles. The summed E-state index contributed by atoms with van der Waals surface area (Å²) < 4.78 is 44.9. The molecule has 2 aromatic rings. The fourth-order valence-electron chi connectivity index (χ4n) is 5.59. The molecule has 35 heavy (non-hydrogen) atoms. The Morgan fingerprint density at radius 1 is 1.03 bits per heavy atom. The minimum atomic E-state index is -4.57. The fraction of sp³-hybridized carbons (Fsp3) is 0.375. The van der Waals surface area contributed by atoms with Crippen molar-refractivity contribution in [3.8, 4) is 0 Å². The molecule has 0 spiro atoms. The summed E-state index contributed by atoms with van der Waals surface area (Å²) >= 11 is 12.1. The number of ether oxygens (including phenoxy) is 1. The Balaban J connectivity index is 1.61. The Morgan fingerprint density at radius 2 is 1.60 bits per heavy atom. The molecule has 1 saturated carbocycles. The summed E-state index contributed by atoms with van der Waals surface area (Å²) in [5.74, 6) is -2.82. The number of morpholine rings is 1. The molecule has 3 amide bonds. The van der Waals surface area contributed by atoms with Gasteiger partial charge in [0, 0.05) is 23.1 Å². The molecule has 3 fully saturated rings. The molecule has 0 bridgehead atoms. The van der Waals surface area contributed by atoms with E-state index in [-0.39, 0.29) is 47.6 Å². The first-order chi connectivity index (χ1) is 16.4. The van der Waals surface area contributed by atoms with Crippen LogP contribution in [0.25, 0.3) is 0 Å². The molecule has 1 aliphatic carbocycles. The lowest BCUT2D eigenvalue weighted by Crippen LogP contribution is -2.52. The molecule has 0 unspecified atom stereocenters. The number of hydrogen-bond donors (Lipinski definition) is 0. The van der Waals surface area contributed by atoms with Gasteiger partial charge in [-0.15, -0.1) is 0 Å². The lowest BCUT2D eigenvalue weighted by molar-refractivity contribution is -0.143. The molecule has 11 heteroatoms. The molecule has 2 aliphatic heterocycles. The van der Waals surface area contributed by atoms with E-state index in [4.69, 9.17) is 27.9 Å². The third-order valence-corrected chi connectivity index (χ3v) is 7.71. The van der Waals surface area contributed by atoms with Gasteiger partial charge in [-0.2, -0.15) is 13.2 Å². The van der Waals surface area contributed by atoms with Crippen LogP contribution in [0.1, 0.15) is 18.1 Å². The highest BCUT2D eigenvalue weighted by Crippen LogP contribution is 2.74. The molecular weight excluding hydrogens is 508 g/mol. The van der Waals surface area contributed by atoms with Crippen LogP contribution in [0.5, 0.6) is 0 Å². The zero-order chi connectivity index (χ0) is 25.3. The summed E-state index contributed by atoms with van der Waals surface area (Å²) in [6, 6.07) is 8.39. The number of carbonyl (C=O) groups is 3. The van der Waals surface area contributed by atoms with E-state index < -0.39 is 46.2 Å². The van der Waals surface area contributed by atoms with Gasteiger partial charge in [-0.05, 0) is 42.8 Å². The number of halogens is 5. The number of fused-ring (bicyclic) bond motifs is 1. The lowest BCUT2D eigenvalue weighted by Gasteiger charge is -2.35. The molecule has 0 radical (unpaired) electrons. The van der Waals surface area contributed by atoms with E-state index in [0.717, 1.165) is 17.0 Å². The van der Waals surface area contributed by atoms with E-state index in [1.54, 1.807) is 0 Å². The first kappa shape index (κ1) is 24.1. The standard InChI is InChI=1S/C24H19Cl2F3N2O4/c1-22-18(19(32)31(20(22)33)17-11-15(25)10-16(26)12-17)23(22,21(34)30-6-8-35-9-7-30)13-2-4-14(5-3-13)24(27,28)29/h2-5,10-12,18H,6-9H2,1H3/t18-,22-,23-/m0/s1. The van der Waals surface area contributed by atoms with Crippen molar-refractivity contribution < 1.29 is 32.3 Å². The highest BCUT2D eigenvalue weighted by atomic mass is 35.5. The molecule has 6 nitrogen and oxygen atoms in total. The first-order valence-corrected chi connectivity index (χ1v) is 11.6. The van der Waals surface area contributed by atoms with Gasteiger partial charge < -0.3 is 9.64 Å². The second kappa shape index (κ2) is 7.94. The predicted octanol–water partition coefficient (Wildman–Crippen LogP) is 4.32. The van der Waals surface area contributed by atoms with Gasteiger partial charge in [0.05, 0.1) is 35.8 Å². The van der Waals surface area contributed by atoms with Crippen molar-refractivity contribution in [2.24, 2.45) is 11.3 Å². The molecule has 184 valence electrons. The number of nitrogens with zero attached hydrogens (tertiary/aromatic N) is 2. The van der Waals surface area contributed by atoms with Crippen LogP contribution in [0.2, 0.25) is 10.0 Å². The molecular formula is C24H19Cl2F3N2O4. The van der Waals surface area contributed by atoms with E-state index in [1.165, 1.54) is 42.2 Å². The second-order valence-electron chi connectivity index (χ2n) is 9.03. The molecule has 0 N–H and O–H groups in total. The number of benzene rings is 2. The maximum absolute atomic E-state index is 13.9. The largest absolute Gasteiger partial charge is 0.416 e. The zero-order valence-corrected chi connectivity index (χ0v) is 19.9. The van der Waals surface area contributed by atoms with Crippen LogP contribution < -0.4 is 4.90 Å². The molecule has 3 aliphatic rings. The summed E-state index contributed by atoms with van der Waals surface area (Å²) in [5.41, 5.74) is -3.64. The number of amides is 3. The average Bonchev–Trinajstić information content (AvgIpc) is 3.32.